The average molecular weight is 490 g/mol. The van der Waals surface area contributed by atoms with Crippen LogP contribution in [0.2, 0.25) is 0 Å². The predicted molar refractivity (Wildman–Crippen MR) is 133 cm³/mol. The summed E-state index contributed by atoms with van der Waals surface area (Å²) in [7, 11) is 1.27. The third-order valence-electron chi connectivity index (χ3n) is 5.84. The Labute approximate surface area is 208 Å². The molecule has 8 heteroatoms. The lowest BCUT2D eigenvalue weighted by atomic mass is 9.98. The minimum atomic E-state index is -0.999. The van der Waals surface area contributed by atoms with Crippen molar-refractivity contribution in [3.05, 3.63) is 88.9 Å². The Morgan fingerprint density at radius 2 is 1.78 bits per heavy atom. The fourth-order valence-electron chi connectivity index (χ4n) is 4.06. The monoisotopic (exact) mass is 489 g/mol. The predicted octanol–water partition coefficient (Wildman–Crippen LogP) is 5.04. The summed E-state index contributed by atoms with van der Waals surface area (Å²) in [5.41, 5.74) is 1.71. The summed E-state index contributed by atoms with van der Waals surface area (Å²) in [6.45, 7) is 6.49. The minimum Gasteiger partial charge on any atom is -0.507 e. The Hall–Kier alpha value is -4.33. The van der Waals surface area contributed by atoms with Crippen molar-refractivity contribution < 1.29 is 33.4 Å². The minimum absolute atomic E-state index is 0.0951. The van der Waals surface area contributed by atoms with Gasteiger partial charge in [0.25, 0.3) is 11.7 Å². The highest BCUT2D eigenvalue weighted by atomic mass is 16.5. The number of ether oxygens (including phenoxy) is 2. The van der Waals surface area contributed by atoms with Crippen LogP contribution >= 0.6 is 0 Å². The number of hydrogen-bond donors (Lipinski definition) is 1. The molecule has 1 saturated heterocycles. The molecule has 1 aliphatic heterocycles. The van der Waals surface area contributed by atoms with E-state index >= 15 is 0 Å². The Balaban J connectivity index is 1.78. The first-order valence-corrected chi connectivity index (χ1v) is 11.5. The fraction of sp³-hybridized carbons (Fsp3) is 0.250. The molecule has 1 atom stereocenters. The second-order valence-electron chi connectivity index (χ2n) is 8.91. The van der Waals surface area contributed by atoms with Gasteiger partial charge in [-0.25, -0.2) is 4.79 Å². The molecule has 0 radical (unpaired) electrons. The third-order valence-corrected chi connectivity index (χ3v) is 5.84. The van der Waals surface area contributed by atoms with Crippen LogP contribution in [0.4, 0.5) is 5.69 Å². The van der Waals surface area contributed by atoms with Gasteiger partial charge in [0.05, 0.1) is 31.1 Å². The number of aliphatic hydroxyl groups excluding tert-OH is 1. The molecule has 4 rings (SSSR count). The molecule has 0 spiro atoms. The first-order valence-electron chi connectivity index (χ1n) is 11.5. The van der Waals surface area contributed by atoms with Crippen molar-refractivity contribution >= 4 is 29.1 Å². The van der Waals surface area contributed by atoms with Gasteiger partial charge in [-0.1, -0.05) is 13.8 Å². The van der Waals surface area contributed by atoms with E-state index in [-0.39, 0.29) is 11.3 Å². The van der Waals surface area contributed by atoms with Crippen LogP contribution in [0.5, 0.6) is 5.75 Å². The van der Waals surface area contributed by atoms with Crippen molar-refractivity contribution in [2.75, 3.05) is 18.6 Å². The highest BCUT2D eigenvalue weighted by molar-refractivity contribution is 6.51. The van der Waals surface area contributed by atoms with E-state index in [4.69, 9.17) is 13.9 Å². The summed E-state index contributed by atoms with van der Waals surface area (Å²) in [5, 5.41) is 11.3. The van der Waals surface area contributed by atoms with E-state index in [2.05, 4.69) is 0 Å². The molecular formula is C28H27NO7. The summed E-state index contributed by atoms with van der Waals surface area (Å²) in [6.07, 6.45) is 1.43. The lowest BCUT2D eigenvalue weighted by Gasteiger charge is -2.23. The van der Waals surface area contributed by atoms with Crippen LogP contribution in [0.3, 0.4) is 0 Å². The van der Waals surface area contributed by atoms with Gasteiger partial charge >= 0.3 is 5.97 Å². The van der Waals surface area contributed by atoms with Gasteiger partial charge in [-0.3, -0.25) is 14.5 Å². The van der Waals surface area contributed by atoms with Crippen LogP contribution in [0.1, 0.15) is 47.1 Å². The van der Waals surface area contributed by atoms with Crippen molar-refractivity contribution in [1.82, 2.24) is 0 Å². The number of aryl methyl sites for hydroxylation is 1. The van der Waals surface area contributed by atoms with Gasteiger partial charge in [-0.05, 0) is 73.0 Å². The van der Waals surface area contributed by atoms with Crippen molar-refractivity contribution in [2.24, 2.45) is 5.92 Å². The van der Waals surface area contributed by atoms with Crippen molar-refractivity contribution in [1.29, 1.82) is 0 Å². The van der Waals surface area contributed by atoms with E-state index in [9.17, 15) is 19.5 Å². The van der Waals surface area contributed by atoms with Crippen molar-refractivity contribution in [3.63, 3.8) is 0 Å². The largest absolute Gasteiger partial charge is 0.507 e. The molecule has 1 unspecified atom stereocenters. The molecule has 1 aliphatic rings. The Kier molecular flexibility index (Phi) is 6.96. The highest BCUT2D eigenvalue weighted by Gasteiger charge is 2.48. The number of ketones is 1. The first-order chi connectivity index (χ1) is 17.2. The smallest absolute Gasteiger partial charge is 0.337 e. The van der Waals surface area contributed by atoms with Crippen LogP contribution in [0.15, 0.2) is 70.9 Å². The van der Waals surface area contributed by atoms with Gasteiger partial charge in [0.2, 0.25) is 0 Å². The second-order valence-corrected chi connectivity index (χ2v) is 8.91. The summed E-state index contributed by atoms with van der Waals surface area (Å²) in [5.74, 6) is -1.18. The number of hydrogen-bond acceptors (Lipinski definition) is 7. The molecule has 3 aromatic rings. The van der Waals surface area contributed by atoms with Gasteiger partial charge in [-0.15, -0.1) is 0 Å². The van der Waals surface area contributed by atoms with Crippen molar-refractivity contribution in [3.8, 4) is 5.75 Å². The maximum absolute atomic E-state index is 13.2. The lowest BCUT2D eigenvalue weighted by Crippen LogP contribution is -2.29. The van der Waals surface area contributed by atoms with Gasteiger partial charge in [-0.2, -0.15) is 0 Å². The number of carbonyl (C=O) groups is 3. The Morgan fingerprint density at radius 1 is 1.08 bits per heavy atom. The van der Waals surface area contributed by atoms with Crippen LogP contribution in [-0.4, -0.2) is 36.5 Å². The maximum atomic E-state index is 13.2. The van der Waals surface area contributed by atoms with Crippen LogP contribution < -0.4 is 9.64 Å². The molecular weight excluding hydrogens is 462 g/mol. The SMILES string of the molecule is COC(=O)c1ccc(N2C(=O)C(=O)/C(=C(\O)c3ccc(OCC(C)C)c(C)c3)C2c2ccco2)cc1. The van der Waals surface area contributed by atoms with Gasteiger partial charge in [0, 0.05) is 11.3 Å². The topological polar surface area (TPSA) is 106 Å². The molecule has 8 nitrogen and oxygen atoms in total. The standard InChI is InChI=1S/C28H27NO7/c1-16(2)15-36-21-12-9-19(14-17(21)3)25(30)23-24(22-6-5-13-35-22)29(27(32)26(23)31)20-10-7-18(8-11-20)28(33)34-4/h5-14,16,24,30H,15H2,1-4H3/b25-23-. The molecule has 36 heavy (non-hydrogen) atoms. The normalized spacial score (nSPS) is 17.0. The molecule has 186 valence electrons. The number of esters is 1. The molecule has 1 N–H and O–H groups in total. The van der Waals surface area contributed by atoms with Crippen LogP contribution in [0, 0.1) is 12.8 Å². The molecule has 1 fully saturated rings. The highest BCUT2D eigenvalue weighted by Crippen LogP contribution is 2.42. The number of Topliss-reactive ketones (excluding diaryl/α,β-unsaturated/α-hetero) is 1. The van der Waals surface area contributed by atoms with E-state index < -0.39 is 23.7 Å². The fourth-order valence-corrected chi connectivity index (χ4v) is 4.06. The number of benzene rings is 2. The van der Waals surface area contributed by atoms with Gasteiger partial charge < -0.3 is 19.0 Å². The van der Waals surface area contributed by atoms with Crippen LogP contribution in [-0.2, 0) is 14.3 Å². The summed E-state index contributed by atoms with van der Waals surface area (Å²) in [4.78, 5) is 39.5. The second kappa shape index (κ2) is 10.1. The van der Waals surface area contributed by atoms with E-state index in [1.165, 1.54) is 30.4 Å². The van der Waals surface area contributed by atoms with Gasteiger partial charge in [0.1, 0.15) is 23.3 Å². The van der Waals surface area contributed by atoms with Crippen molar-refractivity contribution in [2.45, 2.75) is 26.8 Å². The molecule has 1 aromatic heterocycles. The number of furan rings is 1. The zero-order valence-electron chi connectivity index (χ0n) is 20.5. The molecule has 0 saturated carbocycles. The third kappa shape index (κ3) is 4.62. The number of aliphatic hydroxyl groups is 1. The van der Waals surface area contributed by atoms with E-state index in [0.29, 0.717) is 40.8 Å². The van der Waals surface area contributed by atoms with E-state index in [0.717, 1.165) is 5.56 Å². The number of methoxy groups -OCH3 is 1. The molecule has 2 aromatic carbocycles. The Bertz CT molecular complexity index is 1320. The maximum Gasteiger partial charge on any atom is 0.337 e. The first kappa shape index (κ1) is 24.8. The number of carbonyl (C=O) groups excluding carboxylic acids is 3. The number of nitrogens with zero attached hydrogens (tertiary/aromatic N) is 1. The molecule has 0 bridgehead atoms. The molecule has 1 amide bonds. The molecule has 0 aliphatic carbocycles. The molecule has 2 heterocycles. The Morgan fingerprint density at radius 3 is 2.36 bits per heavy atom. The summed E-state index contributed by atoms with van der Waals surface area (Å²) < 4.78 is 16.1. The number of amides is 1. The van der Waals surface area contributed by atoms with E-state index in [1.807, 2.05) is 20.8 Å². The quantitative estimate of drug-likeness (QED) is 0.215. The average Bonchev–Trinajstić information content (AvgIpc) is 3.49. The zero-order valence-corrected chi connectivity index (χ0v) is 20.5. The van der Waals surface area contributed by atoms with E-state index in [1.54, 1.807) is 42.5 Å². The summed E-state index contributed by atoms with van der Waals surface area (Å²) in [6, 6.07) is 13.4. The van der Waals surface area contributed by atoms with Crippen LogP contribution in [0.25, 0.3) is 5.76 Å². The van der Waals surface area contributed by atoms with Gasteiger partial charge in [0.15, 0.2) is 0 Å². The zero-order chi connectivity index (χ0) is 26.0. The number of rotatable bonds is 7. The lowest BCUT2D eigenvalue weighted by molar-refractivity contribution is -0.132. The number of anilines is 1. The summed E-state index contributed by atoms with van der Waals surface area (Å²) >= 11 is 0.